The van der Waals surface area contributed by atoms with Gasteiger partial charge in [0.2, 0.25) is 0 Å². The summed E-state index contributed by atoms with van der Waals surface area (Å²) in [5, 5.41) is 3.46. The average Bonchev–Trinajstić information content (AvgIpc) is 2.25. The normalized spacial score (nSPS) is 12.6. The van der Waals surface area contributed by atoms with Crippen molar-refractivity contribution in [2.45, 2.75) is 32.9 Å². The molecule has 0 amide bonds. The van der Waals surface area contributed by atoms with Crippen LogP contribution >= 0.6 is 31.9 Å². The lowest BCUT2D eigenvalue weighted by Crippen LogP contribution is -2.24. The Balaban J connectivity index is 2.85. The van der Waals surface area contributed by atoms with Crippen LogP contribution in [0.15, 0.2) is 21.1 Å². The van der Waals surface area contributed by atoms with E-state index < -0.39 is 0 Å². The van der Waals surface area contributed by atoms with Gasteiger partial charge in [-0.1, -0.05) is 22.9 Å². The monoisotopic (exact) mass is 349 g/mol. The lowest BCUT2D eigenvalue weighted by Gasteiger charge is -2.15. The van der Waals surface area contributed by atoms with Gasteiger partial charge in [0.05, 0.1) is 11.6 Å². The fourth-order valence-corrected chi connectivity index (χ4v) is 2.88. The zero-order chi connectivity index (χ0) is 12.1. The Morgan fingerprint density at radius 1 is 1.38 bits per heavy atom. The third-order valence-electron chi connectivity index (χ3n) is 2.54. The minimum Gasteiger partial charge on any atom is -0.495 e. The standard InChI is InChI=1S/C12H17Br2NO/c1-4-8(2)15-7-9-5-10(13)6-11(14)12(9)16-3/h5-6,8,15H,4,7H2,1-3H3/t8-/m0/s1. The fourth-order valence-electron chi connectivity index (χ4n) is 1.40. The number of halogens is 2. The smallest absolute Gasteiger partial charge is 0.137 e. The Labute approximate surface area is 114 Å². The zero-order valence-corrected chi connectivity index (χ0v) is 13.0. The second-order valence-electron chi connectivity index (χ2n) is 3.77. The van der Waals surface area contributed by atoms with Gasteiger partial charge in [0, 0.05) is 22.6 Å². The Morgan fingerprint density at radius 3 is 2.62 bits per heavy atom. The summed E-state index contributed by atoms with van der Waals surface area (Å²) in [4.78, 5) is 0. The molecule has 4 heteroatoms. The molecule has 1 aromatic carbocycles. The largest absolute Gasteiger partial charge is 0.495 e. The van der Waals surface area contributed by atoms with E-state index in [1.165, 1.54) is 0 Å². The van der Waals surface area contributed by atoms with Crippen LogP contribution in [0.1, 0.15) is 25.8 Å². The van der Waals surface area contributed by atoms with Crippen molar-refractivity contribution in [1.82, 2.24) is 5.32 Å². The van der Waals surface area contributed by atoms with Gasteiger partial charge in [0.15, 0.2) is 0 Å². The molecule has 0 bridgehead atoms. The van der Waals surface area contributed by atoms with Crippen LogP contribution < -0.4 is 10.1 Å². The summed E-state index contributed by atoms with van der Waals surface area (Å²) in [5.41, 5.74) is 1.16. The Kier molecular flexibility index (Phi) is 5.79. The summed E-state index contributed by atoms with van der Waals surface area (Å²) < 4.78 is 7.42. The van der Waals surface area contributed by atoms with Gasteiger partial charge in [-0.2, -0.15) is 0 Å². The van der Waals surface area contributed by atoms with Crippen LogP contribution in [0.3, 0.4) is 0 Å². The van der Waals surface area contributed by atoms with Gasteiger partial charge in [-0.05, 0) is 41.4 Å². The van der Waals surface area contributed by atoms with E-state index >= 15 is 0 Å². The molecule has 0 spiro atoms. The van der Waals surface area contributed by atoms with Crippen molar-refractivity contribution < 1.29 is 4.74 Å². The predicted molar refractivity (Wildman–Crippen MR) is 75.0 cm³/mol. The summed E-state index contributed by atoms with van der Waals surface area (Å²) in [7, 11) is 1.70. The third-order valence-corrected chi connectivity index (χ3v) is 3.59. The number of nitrogens with one attached hydrogen (secondary N) is 1. The summed E-state index contributed by atoms with van der Waals surface area (Å²) in [6, 6.07) is 4.59. The molecule has 0 unspecified atom stereocenters. The van der Waals surface area contributed by atoms with Gasteiger partial charge in [-0.3, -0.25) is 0 Å². The summed E-state index contributed by atoms with van der Waals surface area (Å²) in [5.74, 6) is 0.902. The van der Waals surface area contributed by atoms with E-state index in [0.717, 1.165) is 33.2 Å². The number of hydrogen-bond acceptors (Lipinski definition) is 2. The zero-order valence-electron chi connectivity index (χ0n) is 9.81. The van der Waals surface area contributed by atoms with Gasteiger partial charge < -0.3 is 10.1 Å². The molecule has 0 saturated carbocycles. The maximum absolute atomic E-state index is 5.39. The molecule has 0 saturated heterocycles. The number of methoxy groups -OCH3 is 1. The van der Waals surface area contributed by atoms with Crippen molar-refractivity contribution in [3.8, 4) is 5.75 Å². The molecular weight excluding hydrogens is 334 g/mol. The molecule has 1 rings (SSSR count). The van der Waals surface area contributed by atoms with Crippen LogP contribution in [0, 0.1) is 0 Å². The SMILES string of the molecule is CC[C@H](C)NCc1cc(Br)cc(Br)c1OC. The maximum atomic E-state index is 5.39. The summed E-state index contributed by atoms with van der Waals surface area (Å²) >= 11 is 6.99. The van der Waals surface area contributed by atoms with E-state index in [1.54, 1.807) is 7.11 Å². The summed E-state index contributed by atoms with van der Waals surface area (Å²) in [6.07, 6.45) is 1.12. The van der Waals surface area contributed by atoms with Gasteiger partial charge in [-0.15, -0.1) is 0 Å². The summed E-state index contributed by atoms with van der Waals surface area (Å²) in [6.45, 7) is 5.17. The van der Waals surface area contributed by atoms with Crippen molar-refractivity contribution >= 4 is 31.9 Å². The highest BCUT2D eigenvalue weighted by Crippen LogP contribution is 2.32. The quantitative estimate of drug-likeness (QED) is 0.862. The maximum Gasteiger partial charge on any atom is 0.137 e. The van der Waals surface area contributed by atoms with E-state index in [9.17, 15) is 0 Å². The van der Waals surface area contributed by atoms with E-state index in [0.29, 0.717) is 6.04 Å². The van der Waals surface area contributed by atoms with Crippen molar-refractivity contribution in [2.24, 2.45) is 0 Å². The highest BCUT2D eigenvalue weighted by atomic mass is 79.9. The third kappa shape index (κ3) is 3.75. The second-order valence-corrected chi connectivity index (χ2v) is 5.54. The molecule has 0 aliphatic rings. The Bertz CT molecular complexity index is 355. The van der Waals surface area contributed by atoms with Crippen LogP contribution in [0.5, 0.6) is 5.75 Å². The molecule has 1 aromatic rings. The van der Waals surface area contributed by atoms with Gasteiger partial charge >= 0.3 is 0 Å². The first-order valence-corrected chi connectivity index (χ1v) is 6.92. The molecule has 0 radical (unpaired) electrons. The van der Waals surface area contributed by atoms with Crippen LogP contribution in [-0.4, -0.2) is 13.2 Å². The number of ether oxygens (including phenoxy) is 1. The highest BCUT2D eigenvalue weighted by Gasteiger charge is 2.09. The molecule has 0 fully saturated rings. The van der Waals surface area contributed by atoms with Crippen molar-refractivity contribution in [3.63, 3.8) is 0 Å². The lowest BCUT2D eigenvalue weighted by atomic mass is 10.2. The minimum atomic E-state index is 0.516. The molecule has 16 heavy (non-hydrogen) atoms. The van der Waals surface area contributed by atoms with Crippen LogP contribution in [-0.2, 0) is 6.54 Å². The first-order chi connectivity index (χ1) is 7.58. The average molecular weight is 351 g/mol. The predicted octanol–water partition coefficient (Wildman–Crippen LogP) is 4.11. The van der Waals surface area contributed by atoms with Gasteiger partial charge in [0.1, 0.15) is 5.75 Å². The van der Waals surface area contributed by atoms with Crippen molar-refractivity contribution in [1.29, 1.82) is 0 Å². The lowest BCUT2D eigenvalue weighted by molar-refractivity contribution is 0.402. The van der Waals surface area contributed by atoms with Crippen molar-refractivity contribution in [2.75, 3.05) is 7.11 Å². The van der Waals surface area contributed by atoms with Gasteiger partial charge in [0.25, 0.3) is 0 Å². The van der Waals surface area contributed by atoms with E-state index in [1.807, 2.05) is 6.07 Å². The molecule has 0 heterocycles. The molecule has 0 aliphatic heterocycles. The first-order valence-electron chi connectivity index (χ1n) is 5.33. The topological polar surface area (TPSA) is 21.3 Å². The van der Waals surface area contributed by atoms with E-state index in [-0.39, 0.29) is 0 Å². The Morgan fingerprint density at radius 2 is 2.06 bits per heavy atom. The molecule has 2 nitrogen and oxygen atoms in total. The van der Waals surface area contributed by atoms with E-state index in [2.05, 4.69) is 57.1 Å². The Hall–Kier alpha value is -0.0600. The van der Waals surface area contributed by atoms with Crippen LogP contribution in [0.2, 0.25) is 0 Å². The molecule has 0 aliphatic carbocycles. The molecule has 1 N–H and O–H groups in total. The van der Waals surface area contributed by atoms with Crippen LogP contribution in [0.25, 0.3) is 0 Å². The number of rotatable bonds is 5. The number of benzene rings is 1. The van der Waals surface area contributed by atoms with Gasteiger partial charge in [-0.25, -0.2) is 0 Å². The molecule has 0 aromatic heterocycles. The minimum absolute atomic E-state index is 0.516. The van der Waals surface area contributed by atoms with E-state index in [4.69, 9.17) is 4.74 Å². The molecule has 90 valence electrons. The molecule has 1 atom stereocenters. The number of hydrogen-bond donors (Lipinski definition) is 1. The van der Waals surface area contributed by atoms with Crippen LogP contribution in [0.4, 0.5) is 0 Å². The highest BCUT2D eigenvalue weighted by molar-refractivity contribution is 9.11. The molecular formula is C12H17Br2NO. The first kappa shape index (κ1) is 14.0. The second kappa shape index (κ2) is 6.62. The van der Waals surface area contributed by atoms with Crippen molar-refractivity contribution in [3.05, 3.63) is 26.6 Å². The fraction of sp³-hybridized carbons (Fsp3) is 0.500.